The highest BCUT2D eigenvalue weighted by Crippen LogP contribution is 2.47. The fraction of sp³-hybridized carbons (Fsp3) is 0.375. The van der Waals surface area contributed by atoms with Crippen LogP contribution in [-0.2, 0) is 17.3 Å². The van der Waals surface area contributed by atoms with Gasteiger partial charge in [-0.15, -0.1) is 0 Å². The average molecular weight is 378 g/mol. The van der Waals surface area contributed by atoms with Crippen LogP contribution in [0.25, 0.3) is 0 Å². The topological polar surface area (TPSA) is 77.8 Å². The molecule has 0 radical (unpaired) electrons. The zero-order chi connectivity index (χ0) is 20.7. The molecule has 3 rings (SSSR count). The summed E-state index contributed by atoms with van der Waals surface area (Å²) in [5, 5.41) is 29.3. The van der Waals surface area contributed by atoms with Crippen molar-refractivity contribution in [3.63, 3.8) is 0 Å². The maximum absolute atomic E-state index is 11.0. The van der Waals surface area contributed by atoms with Crippen molar-refractivity contribution < 1.29 is 20.1 Å². The molecule has 0 aromatic heterocycles. The van der Waals surface area contributed by atoms with Crippen LogP contribution >= 0.6 is 0 Å². The van der Waals surface area contributed by atoms with Crippen molar-refractivity contribution in [2.75, 3.05) is 0 Å². The molecule has 0 aliphatic heterocycles. The third-order valence-corrected chi connectivity index (χ3v) is 5.79. The van der Waals surface area contributed by atoms with Gasteiger partial charge in [-0.1, -0.05) is 45.6 Å². The Hall–Kier alpha value is -2.93. The van der Waals surface area contributed by atoms with Crippen molar-refractivity contribution in [3.05, 3.63) is 58.1 Å². The molecule has 0 saturated carbocycles. The highest BCUT2D eigenvalue weighted by molar-refractivity contribution is 5.90. The molecule has 146 valence electrons. The number of carboxylic acids is 1. The molecule has 0 unspecified atom stereocenters. The number of carboxylic acid groups (broad SMARTS) is 1. The lowest BCUT2D eigenvalue weighted by Crippen LogP contribution is -2.33. The molecule has 0 atom stereocenters. The zero-order valence-electron chi connectivity index (χ0n) is 16.8. The van der Waals surface area contributed by atoms with Crippen molar-refractivity contribution in [2.24, 2.45) is 0 Å². The summed E-state index contributed by atoms with van der Waals surface area (Å²) in [4.78, 5) is 11.0. The van der Waals surface area contributed by atoms with Gasteiger partial charge in [-0.25, -0.2) is 4.79 Å². The maximum atomic E-state index is 11.0. The molecular formula is C24H26O4. The summed E-state index contributed by atoms with van der Waals surface area (Å²) in [5.74, 6) is 4.72. The van der Waals surface area contributed by atoms with Crippen LogP contribution in [0.4, 0.5) is 0 Å². The van der Waals surface area contributed by atoms with E-state index >= 15 is 0 Å². The van der Waals surface area contributed by atoms with E-state index in [9.17, 15) is 15.0 Å². The van der Waals surface area contributed by atoms with Gasteiger partial charge in [-0.3, -0.25) is 0 Å². The van der Waals surface area contributed by atoms with Gasteiger partial charge in [0, 0.05) is 17.5 Å². The Morgan fingerprint density at radius 1 is 0.964 bits per heavy atom. The monoisotopic (exact) mass is 378 g/mol. The predicted octanol–water partition coefficient (Wildman–Crippen LogP) is 4.74. The van der Waals surface area contributed by atoms with Crippen LogP contribution in [0.3, 0.4) is 0 Å². The second-order valence-electron chi connectivity index (χ2n) is 8.81. The van der Waals surface area contributed by atoms with Crippen molar-refractivity contribution in [3.8, 4) is 23.3 Å². The number of carbonyl (C=O) groups is 1. The van der Waals surface area contributed by atoms with Crippen LogP contribution in [0.1, 0.15) is 73.1 Å². The largest absolute Gasteiger partial charge is 0.508 e. The van der Waals surface area contributed by atoms with E-state index in [0.717, 1.165) is 18.4 Å². The summed E-state index contributed by atoms with van der Waals surface area (Å²) in [7, 11) is 0. The SMILES string of the molecule is CC1(C)CCC(C)(C)c2cc(CC#Cc3ccc(C(=O)O)c(O)c3)c(O)cc21. The van der Waals surface area contributed by atoms with Crippen LogP contribution in [0.15, 0.2) is 30.3 Å². The van der Waals surface area contributed by atoms with Crippen LogP contribution in [0.5, 0.6) is 11.5 Å². The van der Waals surface area contributed by atoms with E-state index in [1.165, 1.54) is 23.3 Å². The molecular weight excluding hydrogens is 352 g/mol. The maximum Gasteiger partial charge on any atom is 0.339 e. The molecule has 0 bridgehead atoms. The molecule has 2 aromatic rings. The van der Waals surface area contributed by atoms with Crippen molar-refractivity contribution in [1.29, 1.82) is 0 Å². The first-order valence-electron chi connectivity index (χ1n) is 9.43. The van der Waals surface area contributed by atoms with Gasteiger partial charge < -0.3 is 15.3 Å². The molecule has 4 nitrogen and oxygen atoms in total. The number of fused-ring (bicyclic) bond motifs is 1. The summed E-state index contributed by atoms with van der Waals surface area (Å²) in [5.41, 5.74) is 3.72. The number of aromatic carboxylic acids is 1. The number of aromatic hydroxyl groups is 2. The Labute approximate surface area is 165 Å². The standard InChI is InChI=1S/C24H26O4/c1-23(2)10-11-24(3,4)19-14-20(25)16(13-18(19)23)7-5-6-15-8-9-17(22(27)28)21(26)12-15/h8-9,12-14,25-26H,7,10-11H2,1-4H3,(H,27,28). The van der Waals surface area contributed by atoms with Gasteiger partial charge in [0.05, 0.1) is 0 Å². The van der Waals surface area contributed by atoms with Crippen LogP contribution in [-0.4, -0.2) is 21.3 Å². The number of rotatable bonds is 2. The number of hydrogen-bond acceptors (Lipinski definition) is 3. The molecule has 0 fully saturated rings. The van der Waals surface area contributed by atoms with Crippen molar-refractivity contribution in [2.45, 2.75) is 57.8 Å². The van der Waals surface area contributed by atoms with Gasteiger partial charge in [0.1, 0.15) is 17.1 Å². The third kappa shape index (κ3) is 3.71. The van der Waals surface area contributed by atoms with Gasteiger partial charge in [0.25, 0.3) is 0 Å². The van der Waals surface area contributed by atoms with Crippen molar-refractivity contribution in [1.82, 2.24) is 0 Å². The predicted molar refractivity (Wildman–Crippen MR) is 109 cm³/mol. The molecule has 0 spiro atoms. The van der Waals surface area contributed by atoms with Crippen LogP contribution in [0.2, 0.25) is 0 Å². The zero-order valence-corrected chi connectivity index (χ0v) is 16.8. The molecule has 3 N–H and O–H groups in total. The molecule has 0 amide bonds. The fourth-order valence-corrected chi connectivity index (χ4v) is 3.82. The summed E-state index contributed by atoms with van der Waals surface area (Å²) < 4.78 is 0. The lowest BCUT2D eigenvalue weighted by molar-refractivity contribution is 0.0693. The van der Waals surface area contributed by atoms with E-state index in [0.29, 0.717) is 12.0 Å². The summed E-state index contributed by atoms with van der Waals surface area (Å²) in [6.45, 7) is 8.90. The second-order valence-corrected chi connectivity index (χ2v) is 8.81. The van der Waals surface area contributed by atoms with E-state index in [1.54, 1.807) is 6.07 Å². The minimum absolute atomic E-state index is 0.0377. The number of phenols is 2. The normalized spacial score (nSPS) is 16.6. The second kappa shape index (κ2) is 6.91. The number of benzene rings is 2. The Balaban J connectivity index is 1.90. The van der Waals surface area contributed by atoms with Gasteiger partial charge in [0.15, 0.2) is 0 Å². The van der Waals surface area contributed by atoms with Gasteiger partial charge in [0.2, 0.25) is 0 Å². The van der Waals surface area contributed by atoms with Crippen LogP contribution in [0, 0.1) is 11.8 Å². The smallest absolute Gasteiger partial charge is 0.339 e. The first-order chi connectivity index (χ1) is 13.0. The molecule has 1 aliphatic carbocycles. The van der Waals surface area contributed by atoms with Crippen molar-refractivity contribution >= 4 is 5.97 Å². The lowest BCUT2D eigenvalue weighted by atomic mass is 9.63. The molecule has 2 aromatic carbocycles. The van der Waals surface area contributed by atoms with Gasteiger partial charge >= 0.3 is 5.97 Å². The van der Waals surface area contributed by atoms with E-state index in [4.69, 9.17) is 5.11 Å². The first kappa shape index (κ1) is 19.8. The minimum atomic E-state index is -1.18. The third-order valence-electron chi connectivity index (χ3n) is 5.79. The van der Waals surface area contributed by atoms with Gasteiger partial charge in [-0.05, 0) is 59.1 Å². The fourth-order valence-electron chi connectivity index (χ4n) is 3.82. The molecule has 0 heterocycles. The Kier molecular flexibility index (Phi) is 4.89. The highest BCUT2D eigenvalue weighted by Gasteiger charge is 2.37. The van der Waals surface area contributed by atoms with Crippen LogP contribution < -0.4 is 0 Å². The Morgan fingerprint density at radius 3 is 2.14 bits per heavy atom. The van der Waals surface area contributed by atoms with Gasteiger partial charge in [-0.2, -0.15) is 0 Å². The first-order valence-corrected chi connectivity index (χ1v) is 9.43. The molecule has 0 saturated heterocycles. The average Bonchev–Trinajstić information content (AvgIpc) is 2.60. The summed E-state index contributed by atoms with van der Waals surface area (Å²) in [6, 6.07) is 8.21. The minimum Gasteiger partial charge on any atom is -0.508 e. The van der Waals surface area contributed by atoms with E-state index < -0.39 is 5.97 Å². The summed E-state index contributed by atoms with van der Waals surface area (Å²) >= 11 is 0. The number of phenolic OH excluding ortho intramolecular Hbond substituents is 1. The molecule has 1 aliphatic rings. The quantitative estimate of drug-likeness (QED) is 0.660. The highest BCUT2D eigenvalue weighted by atomic mass is 16.4. The van der Waals surface area contributed by atoms with E-state index in [1.807, 2.05) is 6.07 Å². The Morgan fingerprint density at radius 2 is 1.57 bits per heavy atom. The number of hydrogen-bond donors (Lipinski definition) is 3. The summed E-state index contributed by atoms with van der Waals surface area (Å²) in [6.07, 6.45) is 2.55. The lowest BCUT2D eigenvalue weighted by Gasteiger charge is -2.42. The molecule has 4 heteroatoms. The van der Waals surface area contributed by atoms with E-state index in [2.05, 4.69) is 45.6 Å². The Bertz CT molecular complexity index is 1000. The van der Waals surface area contributed by atoms with E-state index in [-0.39, 0.29) is 27.9 Å². The molecule has 28 heavy (non-hydrogen) atoms.